The van der Waals surface area contributed by atoms with Crippen molar-refractivity contribution in [2.45, 2.75) is 11.7 Å². The van der Waals surface area contributed by atoms with Crippen LogP contribution in [0.15, 0.2) is 94.7 Å². The molecule has 158 valence electrons. The first-order valence-electron chi connectivity index (χ1n) is 10.0. The van der Waals surface area contributed by atoms with Crippen LogP contribution in [0.1, 0.15) is 16.1 Å². The van der Waals surface area contributed by atoms with Crippen molar-refractivity contribution in [2.75, 3.05) is 5.75 Å². The largest absolute Gasteiger partial charge is 0.467 e. The molecule has 0 amide bonds. The lowest BCUT2D eigenvalue weighted by atomic mass is 10.1. The highest BCUT2D eigenvalue weighted by Gasteiger charge is 2.18. The topological polar surface area (TPSA) is 60.9 Å². The van der Waals surface area contributed by atoms with Crippen molar-refractivity contribution < 1.29 is 9.21 Å². The fourth-order valence-electron chi connectivity index (χ4n) is 3.51. The van der Waals surface area contributed by atoms with Gasteiger partial charge in [-0.25, -0.2) is 0 Å². The van der Waals surface area contributed by atoms with Gasteiger partial charge in [0.1, 0.15) is 5.76 Å². The second kappa shape index (κ2) is 9.02. The third-order valence-corrected chi connectivity index (χ3v) is 6.30. The van der Waals surface area contributed by atoms with Gasteiger partial charge in [-0.1, -0.05) is 71.9 Å². The Balaban J connectivity index is 1.41. The molecule has 0 bridgehead atoms. The molecule has 5 nitrogen and oxygen atoms in total. The van der Waals surface area contributed by atoms with Gasteiger partial charge in [0.05, 0.1) is 18.6 Å². The van der Waals surface area contributed by atoms with E-state index >= 15 is 0 Å². The van der Waals surface area contributed by atoms with E-state index in [4.69, 9.17) is 16.0 Å². The fraction of sp³-hybridized carbons (Fsp3) is 0.0800. The molecule has 32 heavy (non-hydrogen) atoms. The molecule has 0 atom stereocenters. The minimum atomic E-state index is 0.0395. The third kappa shape index (κ3) is 4.33. The van der Waals surface area contributed by atoms with Crippen LogP contribution in [0.5, 0.6) is 0 Å². The molecule has 0 unspecified atom stereocenters. The van der Waals surface area contributed by atoms with Crippen molar-refractivity contribution in [2.24, 2.45) is 0 Å². The summed E-state index contributed by atoms with van der Waals surface area (Å²) in [5, 5.41) is 12.2. The average molecular weight is 460 g/mol. The molecule has 5 aromatic rings. The number of benzene rings is 3. The van der Waals surface area contributed by atoms with Gasteiger partial charge in [-0.3, -0.25) is 9.36 Å². The molecular weight excluding hydrogens is 442 g/mol. The van der Waals surface area contributed by atoms with Gasteiger partial charge in [0, 0.05) is 16.1 Å². The predicted molar refractivity (Wildman–Crippen MR) is 127 cm³/mol. The molecule has 0 aliphatic rings. The molecule has 0 saturated carbocycles. The lowest BCUT2D eigenvalue weighted by Gasteiger charge is -2.09. The monoisotopic (exact) mass is 459 g/mol. The van der Waals surface area contributed by atoms with E-state index < -0.39 is 0 Å². The third-order valence-electron chi connectivity index (χ3n) is 5.10. The van der Waals surface area contributed by atoms with Crippen LogP contribution in [0, 0.1) is 0 Å². The summed E-state index contributed by atoms with van der Waals surface area (Å²) in [6, 6.07) is 25.0. The van der Waals surface area contributed by atoms with Gasteiger partial charge in [-0.15, -0.1) is 10.2 Å². The van der Waals surface area contributed by atoms with Gasteiger partial charge in [0.25, 0.3) is 0 Å². The Morgan fingerprint density at radius 3 is 2.62 bits per heavy atom. The van der Waals surface area contributed by atoms with Crippen LogP contribution in [-0.4, -0.2) is 26.3 Å². The summed E-state index contributed by atoms with van der Waals surface area (Å²) in [6.45, 7) is 0.453. The van der Waals surface area contributed by atoms with Crippen LogP contribution in [0.3, 0.4) is 0 Å². The Morgan fingerprint density at radius 2 is 1.81 bits per heavy atom. The van der Waals surface area contributed by atoms with Crippen LogP contribution in [-0.2, 0) is 6.54 Å². The van der Waals surface area contributed by atoms with E-state index in [2.05, 4.69) is 10.2 Å². The molecule has 0 saturated heterocycles. The maximum Gasteiger partial charge on any atom is 0.192 e. The Hall–Kier alpha value is -3.35. The molecule has 0 N–H and O–H groups in total. The molecule has 0 spiro atoms. The molecule has 5 rings (SSSR count). The van der Waals surface area contributed by atoms with E-state index in [0.717, 1.165) is 22.1 Å². The first kappa shape index (κ1) is 20.5. The number of Topliss-reactive ketones (excluding diaryl/α,β-unsaturated/α-hetero) is 1. The maximum absolute atomic E-state index is 12.9. The van der Waals surface area contributed by atoms with Crippen molar-refractivity contribution in [3.63, 3.8) is 0 Å². The van der Waals surface area contributed by atoms with Gasteiger partial charge >= 0.3 is 0 Å². The molecule has 0 aliphatic carbocycles. The number of ketones is 1. The lowest BCUT2D eigenvalue weighted by molar-refractivity contribution is 0.102. The highest BCUT2D eigenvalue weighted by molar-refractivity contribution is 7.99. The number of furan rings is 1. The number of nitrogens with zero attached hydrogens (tertiary/aromatic N) is 3. The van der Waals surface area contributed by atoms with Crippen LogP contribution < -0.4 is 0 Å². The summed E-state index contributed by atoms with van der Waals surface area (Å²) < 4.78 is 7.48. The number of aromatic nitrogens is 3. The minimum Gasteiger partial charge on any atom is -0.467 e. The molecule has 0 fully saturated rings. The van der Waals surface area contributed by atoms with Gasteiger partial charge in [0.15, 0.2) is 16.8 Å². The molecule has 2 heterocycles. The van der Waals surface area contributed by atoms with Gasteiger partial charge in [-0.05, 0) is 41.1 Å². The second-order valence-electron chi connectivity index (χ2n) is 7.26. The summed E-state index contributed by atoms with van der Waals surface area (Å²) in [5.74, 6) is 1.74. The van der Waals surface area contributed by atoms with Crippen molar-refractivity contribution in [1.29, 1.82) is 0 Å². The van der Waals surface area contributed by atoms with Crippen LogP contribution >= 0.6 is 23.4 Å². The fourth-order valence-corrected chi connectivity index (χ4v) is 4.54. The number of hydrogen-bond acceptors (Lipinski definition) is 5. The van der Waals surface area contributed by atoms with E-state index in [-0.39, 0.29) is 11.5 Å². The van der Waals surface area contributed by atoms with Crippen molar-refractivity contribution in [3.05, 3.63) is 101 Å². The quantitative estimate of drug-likeness (QED) is 0.209. The number of hydrogen-bond donors (Lipinski definition) is 0. The molecule has 0 radical (unpaired) electrons. The minimum absolute atomic E-state index is 0.0395. The van der Waals surface area contributed by atoms with Crippen molar-refractivity contribution >= 4 is 39.9 Å². The predicted octanol–water partition coefficient (Wildman–Crippen LogP) is 6.37. The Kier molecular flexibility index (Phi) is 5.79. The van der Waals surface area contributed by atoms with E-state index in [0.29, 0.717) is 28.1 Å². The molecule has 2 aromatic heterocycles. The summed E-state index contributed by atoms with van der Waals surface area (Å²) in [4.78, 5) is 12.9. The Labute approximate surface area is 194 Å². The number of carbonyl (C=O) groups excluding carboxylic acids is 1. The molecule has 0 aliphatic heterocycles. The van der Waals surface area contributed by atoms with Crippen molar-refractivity contribution in [1.82, 2.24) is 14.8 Å². The van der Waals surface area contributed by atoms with Crippen LogP contribution in [0.4, 0.5) is 0 Å². The van der Waals surface area contributed by atoms with E-state index in [1.54, 1.807) is 6.26 Å². The van der Waals surface area contributed by atoms with E-state index in [1.807, 2.05) is 83.4 Å². The number of thioether (sulfide) groups is 1. The standard InChI is InChI=1S/C25H18ClN3O2S/c26-21-8-3-7-20(14-21)24-27-28-25(29(24)15-22-9-4-12-31-22)32-16-23(30)19-11-10-17-5-1-2-6-18(17)13-19/h1-14H,15-16H2. The Morgan fingerprint density at radius 1 is 0.938 bits per heavy atom. The van der Waals surface area contributed by atoms with Gasteiger partial charge in [0.2, 0.25) is 0 Å². The first-order chi connectivity index (χ1) is 15.7. The first-order valence-corrected chi connectivity index (χ1v) is 11.4. The molecule has 7 heteroatoms. The number of carbonyl (C=O) groups is 1. The number of halogens is 1. The normalized spacial score (nSPS) is 11.2. The van der Waals surface area contributed by atoms with E-state index in [1.165, 1.54) is 11.8 Å². The average Bonchev–Trinajstić information content (AvgIpc) is 3.47. The summed E-state index contributed by atoms with van der Waals surface area (Å²) >= 11 is 7.54. The number of fused-ring (bicyclic) bond motifs is 1. The lowest BCUT2D eigenvalue weighted by Crippen LogP contribution is -2.06. The van der Waals surface area contributed by atoms with Gasteiger partial charge < -0.3 is 4.42 Å². The zero-order valence-electron chi connectivity index (χ0n) is 16.9. The van der Waals surface area contributed by atoms with Crippen LogP contribution in [0.25, 0.3) is 22.2 Å². The highest BCUT2D eigenvalue weighted by atomic mass is 35.5. The molecular formula is C25H18ClN3O2S. The number of rotatable bonds is 7. The van der Waals surface area contributed by atoms with Gasteiger partial charge in [-0.2, -0.15) is 0 Å². The zero-order chi connectivity index (χ0) is 21.9. The highest BCUT2D eigenvalue weighted by Crippen LogP contribution is 2.28. The SMILES string of the molecule is O=C(CSc1nnc(-c2cccc(Cl)c2)n1Cc1ccco1)c1ccc2ccccc2c1. The second-order valence-corrected chi connectivity index (χ2v) is 8.63. The Bertz CT molecular complexity index is 1400. The maximum atomic E-state index is 12.9. The molecule has 3 aromatic carbocycles. The van der Waals surface area contributed by atoms with E-state index in [9.17, 15) is 4.79 Å². The zero-order valence-corrected chi connectivity index (χ0v) is 18.5. The smallest absolute Gasteiger partial charge is 0.192 e. The summed E-state index contributed by atoms with van der Waals surface area (Å²) in [7, 11) is 0. The van der Waals surface area contributed by atoms with Crippen LogP contribution in [0.2, 0.25) is 5.02 Å². The summed E-state index contributed by atoms with van der Waals surface area (Å²) in [5.41, 5.74) is 1.53. The summed E-state index contributed by atoms with van der Waals surface area (Å²) in [6.07, 6.45) is 1.63. The van der Waals surface area contributed by atoms with Crippen molar-refractivity contribution in [3.8, 4) is 11.4 Å².